The van der Waals surface area contributed by atoms with Gasteiger partial charge in [-0.05, 0) is 55.5 Å². The van der Waals surface area contributed by atoms with Crippen LogP contribution in [0.25, 0.3) is 0 Å². The first-order valence-electron chi connectivity index (χ1n) is 7.84. The Morgan fingerprint density at radius 2 is 1.44 bits per heavy atom. The largest absolute Gasteiger partial charge is 0.353 e. The molecule has 0 saturated heterocycles. The molecule has 0 spiro atoms. The van der Waals surface area contributed by atoms with Crippen LogP contribution >= 0.6 is 11.6 Å². The molecule has 3 aromatic rings. The van der Waals surface area contributed by atoms with Gasteiger partial charge >= 0.3 is 5.69 Å². The van der Waals surface area contributed by atoms with Crippen LogP contribution in [-0.2, 0) is 0 Å². The highest BCUT2D eigenvalue weighted by molar-refractivity contribution is 6.30. The summed E-state index contributed by atoms with van der Waals surface area (Å²) in [5.41, 5.74) is 1.39. The first-order chi connectivity index (χ1) is 12.9. The minimum absolute atomic E-state index is 0.0297. The second-order valence-corrected chi connectivity index (χ2v) is 6.00. The number of benzene rings is 2. The summed E-state index contributed by atoms with van der Waals surface area (Å²) in [5.74, 6) is 0.00577. The summed E-state index contributed by atoms with van der Waals surface area (Å²) in [6.07, 6.45) is 1.22. The summed E-state index contributed by atoms with van der Waals surface area (Å²) >= 11 is 5.85. The van der Waals surface area contributed by atoms with Crippen LogP contribution in [0.4, 0.5) is 28.7 Å². The molecule has 0 unspecified atom stereocenters. The van der Waals surface area contributed by atoms with Crippen molar-refractivity contribution in [3.8, 4) is 0 Å². The van der Waals surface area contributed by atoms with Crippen molar-refractivity contribution in [1.82, 2.24) is 9.97 Å². The van der Waals surface area contributed by atoms with Crippen molar-refractivity contribution in [2.75, 3.05) is 10.6 Å². The minimum Gasteiger partial charge on any atom is -0.334 e. The van der Waals surface area contributed by atoms with E-state index < -0.39 is 4.92 Å². The molecule has 0 bridgehead atoms. The molecule has 2 aromatic carbocycles. The van der Waals surface area contributed by atoms with Crippen molar-refractivity contribution in [2.45, 2.75) is 6.92 Å². The Kier molecular flexibility index (Phi) is 5.28. The third-order valence-corrected chi connectivity index (χ3v) is 3.92. The molecule has 0 saturated carbocycles. The summed E-state index contributed by atoms with van der Waals surface area (Å²) in [6, 6.07) is 13.2. The lowest BCUT2D eigenvalue weighted by Crippen LogP contribution is -2.05. The molecule has 2 N–H and O–H groups in total. The minimum atomic E-state index is -0.565. The van der Waals surface area contributed by atoms with Crippen molar-refractivity contribution in [2.24, 2.45) is 0 Å². The van der Waals surface area contributed by atoms with E-state index in [2.05, 4.69) is 20.6 Å². The Morgan fingerprint density at radius 3 is 1.89 bits per heavy atom. The number of anilines is 4. The Labute approximate surface area is 159 Å². The molecule has 0 aliphatic heterocycles. The van der Waals surface area contributed by atoms with E-state index in [4.69, 9.17) is 11.6 Å². The van der Waals surface area contributed by atoms with Gasteiger partial charge in [0.15, 0.2) is 5.78 Å². The van der Waals surface area contributed by atoms with Crippen LogP contribution in [0.15, 0.2) is 54.9 Å². The molecule has 8 nitrogen and oxygen atoms in total. The van der Waals surface area contributed by atoms with Crippen LogP contribution in [0.3, 0.4) is 0 Å². The molecule has 136 valence electrons. The molecule has 0 aliphatic rings. The number of hydrogen-bond acceptors (Lipinski definition) is 7. The molecule has 3 rings (SSSR count). The fourth-order valence-electron chi connectivity index (χ4n) is 2.33. The quantitative estimate of drug-likeness (QED) is 0.359. The number of rotatable bonds is 6. The number of halogens is 1. The van der Waals surface area contributed by atoms with Crippen molar-refractivity contribution in [1.29, 1.82) is 0 Å². The lowest BCUT2D eigenvalue weighted by molar-refractivity contribution is -0.383. The summed E-state index contributed by atoms with van der Waals surface area (Å²) in [4.78, 5) is 30.3. The van der Waals surface area contributed by atoms with Gasteiger partial charge in [0.2, 0.25) is 11.6 Å². The third kappa shape index (κ3) is 4.36. The lowest BCUT2D eigenvalue weighted by Gasteiger charge is -2.10. The number of hydrogen-bond donors (Lipinski definition) is 2. The van der Waals surface area contributed by atoms with Crippen LogP contribution < -0.4 is 10.6 Å². The van der Waals surface area contributed by atoms with Crippen LogP contribution in [0, 0.1) is 10.1 Å². The number of ketones is 1. The van der Waals surface area contributed by atoms with E-state index in [9.17, 15) is 14.9 Å². The van der Waals surface area contributed by atoms with Crippen LogP contribution in [0.2, 0.25) is 5.02 Å². The van der Waals surface area contributed by atoms with Gasteiger partial charge in [0.25, 0.3) is 0 Å². The van der Waals surface area contributed by atoms with Gasteiger partial charge in [0.05, 0.1) is 4.92 Å². The van der Waals surface area contributed by atoms with E-state index in [1.165, 1.54) is 13.3 Å². The van der Waals surface area contributed by atoms with Gasteiger partial charge < -0.3 is 10.6 Å². The van der Waals surface area contributed by atoms with Crippen LogP contribution in [-0.4, -0.2) is 20.7 Å². The van der Waals surface area contributed by atoms with E-state index in [1.807, 2.05) is 0 Å². The molecule has 0 aliphatic carbocycles. The average Bonchev–Trinajstić information content (AvgIpc) is 2.64. The average molecular weight is 384 g/mol. The van der Waals surface area contributed by atoms with Gasteiger partial charge in [0, 0.05) is 22.0 Å². The normalized spacial score (nSPS) is 10.3. The molecular formula is C18H14ClN5O3. The fourth-order valence-corrected chi connectivity index (χ4v) is 2.46. The number of aromatic nitrogens is 2. The van der Waals surface area contributed by atoms with E-state index in [1.54, 1.807) is 48.5 Å². The molecule has 1 aromatic heterocycles. The molecule has 0 radical (unpaired) electrons. The van der Waals surface area contributed by atoms with Gasteiger partial charge in [0.1, 0.15) is 6.33 Å². The Hall–Kier alpha value is -3.52. The van der Waals surface area contributed by atoms with Gasteiger partial charge in [-0.3, -0.25) is 14.9 Å². The number of carbonyl (C=O) groups excluding carboxylic acids is 1. The van der Waals surface area contributed by atoms with E-state index >= 15 is 0 Å². The maximum atomic E-state index is 11.6. The summed E-state index contributed by atoms with van der Waals surface area (Å²) in [6.45, 7) is 1.46. The molecular weight excluding hydrogens is 370 g/mol. The standard InChI is InChI=1S/C18H14ClN5O3/c1-11(25)12-2-6-14(7-3-12)22-17-16(24(26)27)18(21-10-20-17)23-15-8-4-13(19)5-9-15/h2-10H,1H3,(H2,20,21,22,23). The first-order valence-corrected chi connectivity index (χ1v) is 8.22. The summed E-state index contributed by atoms with van der Waals surface area (Å²) < 4.78 is 0. The highest BCUT2D eigenvalue weighted by Crippen LogP contribution is 2.33. The molecule has 27 heavy (non-hydrogen) atoms. The van der Waals surface area contributed by atoms with E-state index in [0.29, 0.717) is 22.0 Å². The second-order valence-electron chi connectivity index (χ2n) is 5.57. The van der Waals surface area contributed by atoms with Crippen molar-refractivity contribution in [3.63, 3.8) is 0 Å². The van der Waals surface area contributed by atoms with E-state index in [0.717, 1.165) is 0 Å². The SMILES string of the molecule is CC(=O)c1ccc(Nc2ncnc(Nc3ccc(Cl)cc3)c2[N+](=O)[O-])cc1. The second kappa shape index (κ2) is 7.79. The smallest absolute Gasteiger partial charge is 0.334 e. The summed E-state index contributed by atoms with van der Waals surface area (Å²) in [5, 5.41) is 17.9. The highest BCUT2D eigenvalue weighted by atomic mass is 35.5. The van der Waals surface area contributed by atoms with Gasteiger partial charge in [-0.1, -0.05) is 11.6 Å². The topological polar surface area (TPSA) is 110 Å². The predicted octanol–water partition coefficient (Wildman–Crippen LogP) is 4.73. The molecule has 0 amide bonds. The third-order valence-electron chi connectivity index (χ3n) is 3.67. The zero-order valence-electron chi connectivity index (χ0n) is 14.1. The maximum Gasteiger partial charge on any atom is 0.353 e. The molecule has 9 heteroatoms. The Morgan fingerprint density at radius 1 is 0.963 bits per heavy atom. The number of nitrogens with one attached hydrogen (secondary N) is 2. The number of nitro groups is 1. The van der Waals surface area contributed by atoms with Gasteiger partial charge in [-0.25, -0.2) is 9.97 Å². The molecule has 1 heterocycles. The molecule has 0 atom stereocenters. The van der Waals surface area contributed by atoms with Crippen molar-refractivity contribution >= 4 is 46.1 Å². The number of Topliss-reactive ketones (excluding diaryl/α,β-unsaturated/α-hetero) is 1. The highest BCUT2D eigenvalue weighted by Gasteiger charge is 2.23. The zero-order valence-corrected chi connectivity index (χ0v) is 14.9. The predicted molar refractivity (Wildman–Crippen MR) is 103 cm³/mol. The van der Waals surface area contributed by atoms with Crippen molar-refractivity contribution in [3.05, 3.63) is 75.6 Å². The van der Waals surface area contributed by atoms with Crippen molar-refractivity contribution < 1.29 is 9.72 Å². The fraction of sp³-hybridized carbons (Fsp3) is 0.0556. The monoisotopic (exact) mass is 383 g/mol. The Bertz CT molecular complexity index is 991. The van der Waals surface area contributed by atoms with Gasteiger partial charge in [-0.2, -0.15) is 0 Å². The van der Waals surface area contributed by atoms with Crippen LogP contribution in [0.1, 0.15) is 17.3 Å². The number of nitrogens with zero attached hydrogens (tertiary/aromatic N) is 3. The maximum absolute atomic E-state index is 11.6. The summed E-state index contributed by atoms with van der Waals surface area (Å²) in [7, 11) is 0. The lowest BCUT2D eigenvalue weighted by atomic mass is 10.1. The zero-order chi connectivity index (χ0) is 19.4. The van der Waals surface area contributed by atoms with Gasteiger partial charge in [-0.15, -0.1) is 0 Å². The first kappa shape index (κ1) is 18.3. The number of carbonyl (C=O) groups is 1. The Balaban J connectivity index is 1.92. The molecule has 0 fully saturated rings. The van der Waals surface area contributed by atoms with E-state index in [-0.39, 0.29) is 23.1 Å². The van der Waals surface area contributed by atoms with Crippen LogP contribution in [0.5, 0.6) is 0 Å².